The van der Waals surface area contributed by atoms with Gasteiger partial charge < -0.3 is 0 Å². The highest BCUT2D eigenvalue weighted by Gasteiger charge is 2.52. The van der Waals surface area contributed by atoms with Gasteiger partial charge in [0, 0.05) is 5.56 Å². The Hall–Kier alpha value is -4.43. The smallest absolute Gasteiger partial charge is 0.236 e. The first kappa shape index (κ1) is 39.8. The van der Waals surface area contributed by atoms with Gasteiger partial charge >= 0.3 is 37.1 Å². The van der Waals surface area contributed by atoms with E-state index >= 15 is 0 Å². The summed E-state index contributed by atoms with van der Waals surface area (Å²) in [5, 5.41) is -0.0837. The first-order valence-electron chi connectivity index (χ1n) is 14.3. The molecule has 0 N–H and O–H groups in total. The van der Waals surface area contributed by atoms with Crippen LogP contribution < -0.4 is 10.9 Å². The molecule has 21 heteroatoms. The van der Waals surface area contributed by atoms with Crippen LogP contribution in [0.2, 0.25) is 0 Å². The molecule has 4 aromatic carbocycles. The normalized spacial score (nSPS) is 13.5. The van der Waals surface area contributed by atoms with Gasteiger partial charge in [-0.05, 0) is 59.2 Å². The van der Waals surface area contributed by atoms with Gasteiger partial charge in [-0.2, -0.15) is 79.0 Å². The van der Waals surface area contributed by atoms with Crippen LogP contribution in [-0.4, -0.2) is 11.7 Å². The van der Waals surface area contributed by atoms with Crippen LogP contribution in [0.3, 0.4) is 0 Å². The van der Waals surface area contributed by atoms with Gasteiger partial charge in [-0.15, -0.1) is 11.3 Å². The van der Waals surface area contributed by atoms with Crippen molar-refractivity contribution in [2.75, 3.05) is 0 Å². The van der Waals surface area contributed by atoms with Crippen molar-refractivity contribution in [1.29, 1.82) is 0 Å². The number of para-hydroxylation sites is 1. The monoisotopic (exact) mass is 797 g/mol. The number of hydrogen-bond acceptors (Lipinski definition) is 2. The fourth-order valence-electron chi connectivity index (χ4n) is 5.79. The van der Waals surface area contributed by atoms with Crippen LogP contribution in [0.5, 0.6) is 0 Å². The summed E-state index contributed by atoms with van der Waals surface area (Å²) in [6, 6.07) is 6.65. The lowest BCUT2D eigenvalue weighted by Gasteiger charge is -2.30. The highest BCUT2D eigenvalue weighted by atomic mass is 32.1. The Labute approximate surface area is 289 Å². The molecule has 1 aromatic heterocycles. The van der Waals surface area contributed by atoms with Crippen LogP contribution in [-0.2, 0) is 43.4 Å². The topological polar surface area (TPSA) is 12.9 Å². The molecule has 0 fully saturated rings. The number of halogens is 18. The number of nitrogens with zero attached hydrogens (tertiary/aromatic N) is 1. The van der Waals surface area contributed by atoms with Crippen LogP contribution >= 0.6 is 11.3 Å². The van der Waals surface area contributed by atoms with Crippen LogP contribution in [0.1, 0.15) is 38.9 Å². The number of hydrogen-bond donors (Lipinski definition) is 0. The van der Waals surface area contributed by atoms with Gasteiger partial charge in [0.05, 0.1) is 43.6 Å². The summed E-state index contributed by atoms with van der Waals surface area (Å²) in [4.78, 5) is 4.25. The second-order valence-electron chi connectivity index (χ2n) is 11.4. The minimum absolute atomic E-state index is 0.0837. The predicted molar refractivity (Wildman–Crippen MR) is 157 cm³/mol. The first-order valence-corrected chi connectivity index (χ1v) is 15.1. The number of alkyl halides is 18. The maximum Gasteiger partial charge on any atom is 0.416 e. The quantitative estimate of drug-likeness (QED) is 0.128. The molecule has 1 nitrogen and oxygen atoms in total. The number of rotatable bonds is 5. The zero-order chi connectivity index (χ0) is 39.7. The molecule has 0 aliphatic carbocycles. The van der Waals surface area contributed by atoms with Crippen LogP contribution in [0, 0.1) is 0 Å². The lowest BCUT2D eigenvalue weighted by Crippen LogP contribution is -2.54. The Morgan fingerprint density at radius 1 is 0.472 bits per heavy atom. The van der Waals surface area contributed by atoms with E-state index in [1.807, 2.05) is 0 Å². The molecule has 0 bridgehead atoms. The van der Waals surface area contributed by atoms with Crippen LogP contribution in [0.15, 0.2) is 72.8 Å². The highest BCUT2D eigenvalue weighted by molar-refractivity contribution is 7.21. The Kier molecular flexibility index (Phi) is 9.87. The molecule has 0 aliphatic rings. The zero-order valence-electron chi connectivity index (χ0n) is 25.4. The number of fused-ring (bicyclic) bond motifs is 1. The summed E-state index contributed by atoms with van der Waals surface area (Å²) < 4.78 is 258. The minimum atomic E-state index is -6.32. The average Bonchev–Trinajstić information content (AvgIpc) is 3.44. The maximum atomic E-state index is 14.6. The van der Waals surface area contributed by atoms with E-state index in [9.17, 15) is 79.0 Å². The van der Waals surface area contributed by atoms with Crippen molar-refractivity contribution in [2.24, 2.45) is 0 Å². The highest BCUT2D eigenvalue weighted by Crippen LogP contribution is 2.44. The third-order valence-electron chi connectivity index (χ3n) is 7.90. The summed E-state index contributed by atoms with van der Waals surface area (Å²) in [6.07, 6.45) is -38.9. The van der Waals surface area contributed by atoms with Crippen molar-refractivity contribution in [2.45, 2.75) is 43.4 Å². The molecular formula is C32H14BF18NS. The van der Waals surface area contributed by atoms with Crippen LogP contribution in [0.4, 0.5) is 79.0 Å². The Bertz CT molecular complexity index is 1950. The molecule has 0 unspecified atom stereocenters. The molecule has 0 aliphatic heterocycles. The number of aromatic nitrogens is 1. The summed E-state index contributed by atoms with van der Waals surface area (Å²) in [5.41, 5.74) is -22.5. The van der Waals surface area contributed by atoms with Gasteiger partial charge in [-0.3, -0.25) is 0 Å². The zero-order valence-corrected chi connectivity index (χ0v) is 26.2. The lowest BCUT2D eigenvalue weighted by atomic mass is 9.34. The molecule has 0 saturated heterocycles. The van der Waals surface area contributed by atoms with Gasteiger partial charge in [-0.1, -0.05) is 36.4 Å². The molecule has 5 rings (SSSR count). The van der Waals surface area contributed by atoms with Gasteiger partial charge in [0.2, 0.25) is 6.71 Å². The van der Waals surface area contributed by atoms with Gasteiger partial charge in [0.15, 0.2) is 0 Å². The van der Waals surface area contributed by atoms with E-state index in [1.165, 1.54) is 30.3 Å². The standard InChI is InChI=1S/C32H14BF18NS/c34-27(35,36)15-9-18(29(40,41)42)24(19(10-15)30(43,44)45)33(13-14-5-1-2-6-17(14)26-52-22-7-3-4-8-23(22)53-26)25-20(31(46,47)48)11-16(28(37,38)39)12-21(25)32(49,50)51/h1-12H,13H2. The molecule has 0 amide bonds. The lowest BCUT2D eigenvalue weighted by molar-refractivity contribution is -0.149. The molecule has 0 spiro atoms. The second-order valence-corrected chi connectivity index (χ2v) is 12.4. The van der Waals surface area contributed by atoms with E-state index in [-0.39, 0.29) is 16.1 Å². The molecule has 1 heterocycles. The summed E-state index contributed by atoms with van der Waals surface area (Å²) in [6.45, 7) is -3.50. The van der Waals surface area contributed by atoms with E-state index in [1.54, 1.807) is 0 Å². The van der Waals surface area contributed by atoms with Crippen molar-refractivity contribution in [1.82, 2.24) is 4.98 Å². The molecule has 5 aromatic rings. The summed E-state index contributed by atoms with van der Waals surface area (Å²) in [5.74, 6) is 0. The average molecular weight is 797 g/mol. The van der Waals surface area contributed by atoms with Gasteiger partial charge in [0.25, 0.3) is 0 Å². The number of thiazole rings is 1. The van der Waals surface area contributed by atoms with E-state index in [0.717, 1.165) is 29.5 Å². The van der Waals surface area contributed by atoms with Crippen LogP contribution in [0.25, 0.3) is 20.8 Å². The maximum absolute atomic E-state index is 14.6. The first-order chi connectivity index (χ1) is 24.1. The van der Waals surface area contributed by atoms with Crippen molar-refractivity contribution in [3.05, 3.63) is 112 Å². The molecule has 53 heavy (non-hydrogen) atoms. The number of benzene rings is 4. The van der Waals surface area contributed by atoms with Crippen molar-refractivity contribution < 1.29 is 79.0 Å². The minimum Gasteiger partial charge on any atom is -0.236 e. The van der Waals surface area contributed by atoms with Crippen molar-refractivity contribution in [3.63, 3.8) is 0 Å². The fourth-order valence-corrected chi connectivity index (χ4v) is 6.81. The molecular weight excluding hydrogens is 783 g/mol. The van der Waals surface area contributed by atoms with Gasteiger partial charge in [-0.25, -0.2) is 4.98 Å². The predicted octanol–water partition coefficient (Wildman–Crippen LogP) is 11.5. The fraction of sp³-hybridized carbons (Fsp3) is 0.219. The largest absolute Gasteiger partial charge is 0.416 e. The Morgan fingerprint density at radius 3 is 1.23 bits per heavy atom. The molecule has 0 saturated carbocycles. The van der Waals surface area contributed by atoms with Crippen molar-refractivity contribution >= 4 is 39.2 Å². The van der Waals surface area contributed by atoms with Gasteiger partial charge in [0.1, 0.15) is 5.01 Å². The third-order valence-corrected chi connectivity index (χ3v) is 8.97. The Morgan fingerprint density at radius 2 is 0.849 bits per heavy atom. The molecule has 0 atom stereocenters. The third kappa shape index (κ3) is 8.23. The molecule has 282 valence electrons. The van der Waals surface area contributed by atoms with E-state index in [4.69, 9.17) is 0 Å². The van der Waals surface area contributed by atoms with E-state index in [0.29, 0.717) is 4.70 Å². The second kappa shape index (κ2) is 13.2. The van der Waals surface area contributed by atoms with E-state index < -0.39 is 124 Å². The SMILES string of the molecule is FC(F)(F)c1cc(C(F)(F)F)c(B(Cc2ccccc2-c2nc3ccccc3s2)c2c(C(F)(F)F)cc(C(F)(F)F)cc2C(F)(F)F)c(C(F)(F)F)c1. The summed E-state index contributed by atoms with van der Waals surface area (Å²) >= 11 is 0.841. The van der Waals surface area contributed by atoms with E-state index in [2.05, 4.69) is 4.98 Å². The van der Waals surface area contributed by atoms with Crippen molar-refractivity contribution in [3.8, 4) is 10.6 Å². The Balaban J connectivity index is 2.01. The molecule has 0 radical (unpaired) electrons. The summed E-state index contributed by atoms with van der Waals surface area (Å²) in [7, 11) is 0.